The highest BCUT2D eigenvalue weighted by atomic mass is 32.2. The number of carbonyl (C=O) groups is 1. The lowest BCUT2D eigenvalue weighted by Crippen LogP contribution is -2.27. The topological polar surface area (TPSA) is 54.3 Å². The van der Waals surface area contributed by atoms with Gasteiger partial charge in [0.05, 0.1) is 6.54 Å². The van der Waals surface area contributed by atoms with Crippen molar-refractivity contribution in [1.82, 2.24) is 5.01 Å². The molecule has 5 nitrogen and oxygen atoms in total. The second kappa shape index (κ2) is 5.05. The molecule has 1 aromatic rings. The van der Waals surface area contributed by atoms with Crippen molar-refractivity contribution in [3.63, 3.8) is 0 Å². The molecule has 0 atom stereocenters. The fourth-order valence-electron chi connectivity index (χ4n) is 1.85. The molecule has 2 heterocycles. The average molecular weight is 275 g/mol. The van der Waals surface area contributed by atoms with Crippen molar-refractivity contribution in [1.29, 1.82) is 0 Å². The number of nitrogens with zero attached hydrogens (tertiary/aromatic N) is 3. The molecular formula is C13H13N3O2S. The summed E-state index contributed by atoms with van der Waals surface area (Å²) in [6, 6.07) is 7.88. The Morgan fingerprint density at radius 2 is 2.37 bits per heavy atom. The molecular weight excluding hydrogens is 262 g/mol. The smallest absolute Gasteiger partial charge is 0.250 e. The van der Waals surface area contributed by atoms with E-state index in [2.05, 4.69) is 10.1 Å². The summed E-state index contributed by atoms with van der Waals surface area (Å²) < 4.78 is 5.69. The molecule has 0 bridgehead atoms. The SMILES string of the molecule is Cc1cccc(OCC2=NN3CCC(=O)N=C3S2)c1. The van der Waals surface area contributed by atoms with Gasteiger partial charge < -0.3 is 4.74 Å². The molecule has 3 rings (SSSR count). The van der Waals surface area contributed by atoms with Crippen molar-refractivity contribution in [3.8, 4) is 5.75 Å². The minimum atomic E-state index is -0.0743. The molecule has 1 aromatic carbocycles. The van der Waals surface area contributed by atoms with E-state index in [0.717, 1.165) is 16.4 Å². The average Bonchev–Trinajstić information content (AvgIpc) is 2.78. The predicted octanol–water partition coefficient (Wildman–Crippen LogP) is 2.02. The maximum atomic E-state index is 11.2. The van der Waals surface area contributed by atoms with Crippen LogP contribution in [0, 0.1) is 6.92 Å². The number of benzene rings is 1. The van der Waals surface area contributed by atoms with Gasteiger partial charge in [0, 0.05) is 6.42 Å². The first-order valence-electron chi connectivity index (χ1n) is 6.04. The maximum absolute atomic E-state index is 11.2. The highest BCUT2D eigenvalue weighted by Gasteiger charge is 2.28. The number of ether oxygens (including phenoxy) is 1. The second-order valence-corrected chi connectivity index (χ2v) is 5.40. The molecule has 19 heavy (non-hydrogen) atoms. The highest BCUT2D eigenvalue weighted by Crippen LogP contribution is 2.24. The summed E-state index contributed by atoms with van der Waals surface area (Å²) in [5, 5.41) is 7.65. The van der Waals surface area contributed by atoms with Crippen LogP contribution >= 0.6 is 11.8 Å². The molecule has 0 aliphatic carbocycles. The zero-order valence-electron chi connectivity index (χ0n) is 10.5. The number of hydrogen-bond acceptors (Lipinski definition) is 5. The third-order valence-electron chi connectivity index (χ3n) is 2.77. The number of thioether (sulfide) groups is 1. The van der Waals surface area contributed by atoms with Crippen LogP contribution in [0.5, 0.6) is 5.75 Å². The summed E-state index contributed by atoms with van der Waals surface area (Å²) in [4.78, 5) is 15.2. The van der Waals surface area contributed by atoms with Crippen molar-refractivity contribution in [2.45, 2.75) is 13.3 Å². The van der Waals surface area contributed by atoms with E-state index in [4.69, 9.17) is 4.74 Å². The summed E-state index contributed by atoms with van der Waals surface area (Å²) in [6.45, 7) is 3.03. The van der Waals surface area contributed by atoms with Crippen LogP contribution in [0.15, 0.2) is 34.4 Å². The normalized spacial score (nSPS) is 17.9. The Labute approximate surface area is 115 Å². The summed E-state index contributed by atoms with van der Waals surface area (Å²) in [6.07, 6.45) is 0.430. The largest absolute Gasteiger partial charge is 0.487 e. The molecule has 2 aliphatic rings. The van der Waals surface area contributed by atoms with Gasteiger partial charge in [0.25, 0.3) is 0 Å². The summed E-state index contributed by atoms with van der Waals surface area (Å²) in [5.74, 6) is 0.751. The van der Waals surface area contributed by atoms with Crippen LogP contribution in [0.1, 0.15) is 12.0 Å². The zero-order valence-corrected chi connectivity index (χ0v) is 11.3. The van der Waals surface area contributed by atoms with Crippen molar-refractivity contribution in [3.05, 3.63) is 29.8 Å². The number of aliphatic imine (C=N–C) groups is 1. The first-order valence-corrected chi connectivity index (χ1v) is 6.86. The van der Waals surface area contributed by atoms with Crippen LogP contribution in [0.2, 0.25) is 0 Å². The fourth-order valence-corrected chi connectivity index (χ4v) is 2.71. The van der Waals surface area contributed by atoms with Crippen LogP contribution in [0.25, 0.3) is 0 Å². The van der Waals surface area contributed by atoms with E-state index in [1.807, 2.05) is 31.2 Å². The Hall–Kier alpha value is -1.82. The number of rotatable bonds is 3. The Morgan fingerprint density at radius 3 is 3.21 bits per heavy atom. The predicted molar refractivity (Wildman–Crippen MR) is 75.5 cm³/mol. The van der Waals surface area contributed by atoms with Gasteiger partial charge in [0.15, 0.2) is 5.17 Å². The van der Waals surface area contributed by atoms with E-state index >= 15 is 0 Å². The van der Waals surface area contributed by atoms with Crippen LogP contribution < -0.4 is 4.74 Å². The minimum Gasteiger partial charge on any atom is -0.487 e. The summed E-state index contributed by atoms with van der Waals surface area (Å²) >= 11 is 1.40. The van der Waals surface area contributed by atoms with Gasteiger partial charge in [-0.1, -0.05) is 12.1 Å². The minimum absolute atomic E-state index is 0.0743. The lowest BCUT2D eigenvalue weighted by Gasteiger charge is -2.16. The number of hydrazone groups is 1. The van der Waals surface area contributed by atoms with Gasteiger partial charge in [0.2, 0.25) is 5.91 Å². The molecule has 0 saturated heterocycles. The van der Waals surface area contributed by atoms with E-state index in [1.54, 1.807) is 5.01 Å². The van der Waals surface area contributed by atoms with Crippen molar-refractivity contribution < 1.29 is 9.53 Å². The first kappa shape index (κ1) is 12.2. The van der Waals surface area contributed by atoms with E-state index < -0.39 is 0 Å². The molecule has 0 spiro atoms. The van der Waals surface area contributed by atoms with Gasteiger partial charge >= 0.3 is 0 Å². The lowest BCUT2D eigenvalue weighted by atomic mass is 10.2. The molecule has 98 valence electrons. The molecule has 2 aliphatic heterocycles. The van der Waals surface area contributed by atoms with Gasteiger partial charge in [-0.25, -0.2) is 5.01 Å². The number of fused-ring (bicyclic) bond motifs is 1. The summed E-state index contributed by atoms with van der Waals surface area (Å²) in [7, 11) is 0. The van der Waals surface area contributed by atoms with Crippen molar-refractivity contribution >= 4 is 27.9 Å². The Kier molecular flexibility index (Phi) is 3.25. The maximum Gasteiger partial charge on any atom is 0.250 e. The zero-order chi connectivity index (χ0) is 13.2. The van der Waals surface area contributed by atoms with E-state index in [1.165, 1.54) is 11.8 Å². The molecule has 0 aromatic heterocycles. The molecule has 1 amide bonds. The first-order chi connectivity index (χ1) is 9.20. The molecule has 0 unspecified atom stereocenters. The number of hydrogen-bond donors (Lipinski definition) is 0. The van der Waals surface area contributed by atoms with E-state index in [9.17, 15) is 4.79 Å². The Balaban J connectivity index is 1.63. The molecule has 6 heteroatoms. The molecule has 0 radical (unpaired) electrons. The van der Waals surface area contributed by atoms with Gasteiger partial charge in [-0.05, 0) is 36.4 Å². The standard InChI is InChI=1S/C13H13N3O2S/c1-9-3-2-4-10(7-9)18-8-12-15-16-6-5-11(17)14-13(16)19-12/h2-4,7H,5-6,8H2,1H3. The molecule has 0 N–H and O–H groups in total. The van der Waals surface area contributed by atoms with Crippen LogP contribution in [-0.2, 0) is 4.79 Å². The number of amides is 1. The quantitative estimate of drug-likeness (QED) is 0.847. The Bertz CT molecular complexity index is 583. The van der Waals surface area contributed by atoms with Gasteiger partial charge in [-0.15, -0.1) is 0 Å². The van der Waals surface area contributed by atoms with Gasteiger partial charge in [0.1, 0.15) is 17.4 Å². The van der Waals surface area contributed by atoms with E-state index in [-0.39, 0.29) is 5.91 Å². The van der Waals surface area contributed by atoms with Crippen LogP contribution in [0.3, 0.4) is 0 Å². The Morgan fingerprint density at radius 1 is 1.47 bits per heavy atom. The lowest BCUT2D eigenvalue weighted by molar-refractivity contribution is -0.118. The van der Waals surface area contributed by atoms with E-state index in [0.29, 0.717) is 24.7 Å². The number of amidine groups is 1. The van der Waals surface area contributed by atoms with Crippen LogP contribution in [0.4, 0.5) is 0 Å². The third-order valence-corrected chi connectivity index (χ3v) is 3.69. The van der Waals surface area contributed by atoms with Crippen molar-refractivity contribution in [2.75, 3.05) is 13.2 Å². The summed E-state index contributed by atoms with van der Waals surface area (Å²) in [5.41, 5.74) is 1.16. The van der Waals surface area contributed by atoms with Crippen molar-refractivity contribution in [2.24, 2.45) is 10.1 Å². The molecule has 0 fully saturated rings. The fraction of sp³-hybridized carbons (Fsp3) is 0.308. The second-order valence-electron chi connectivity index (χ2n) is 4.36. The van der Waals surface area contributed by atoms with Gasteiger partial charge in [-0.3, -0.25) is 4.79 Å². The third kappa shape index (κ3) is 2.78. The molecule has 0 saturated carbocycles. The highest BCUT2D eigenvalue weighted by molar-refractivity contribution is 8.26. The monoisotopic (exact) mass is 275 g/mol. The number of aryl methyl sites for hydroxylation is 1. The number of carbonyl (C=O) groups excluding carboxylic acids is 1. The van der Waals surface area contributed by atoms with Gasteiger partial charge in [-0.2, -0.15) is 10.1 Å². The van der Waals surface area contributed by atoms with Crippen LogP contribution in [-0.4, -0.2) is 34.3 Å².